The monoisotopic (exact) mass is 429 g/mol. The number of nitrogens with zero attached hydrogens (tertiary/aromatic N) is 4. The lowest BCUT2D eigenvalue weighted by molar-refractivity contribution is 0.601. The number of aryl methyl sites for hydroxylation is 1. The van der Waals surface area contributed by atoms with Crippen molar-refractivity contribution >= 4 is 49.7 Å². The number of nitrogens with one attached hydrogen (secondary N) is 1. The fourth-order valence-corrected chi connectivity index (χ4v) is 4.61. The van der Waals surface area contributed by atoms with E-state index < -0.39 is 10.0 Å². The summed E-state index contributed by atoms with van der Waals surface area (Å²) in [7, 11) is -3.87. The van der Waals surface area contributed by atoms with Gasteiger partial charge in [0.25, 0.3) is 10.0 Å². The van der Waals surface area contributed by atoms with Gasteiger partial charge in [-0.15, -0.1) is 11.3 Å². The Morgan fingerprint density at radius 2 is 2.07 bits per heavy atom. The molecule has 2 heterocycles. The van der Waals surface area contributed by atoms with Crippen molar-refractivity contribution in [3.8, 4) is 11.8 Å². The predicted molar refractivity (Wildman–Crippen MR) is 108 cm³/mol. The van der Waals surface area contributed by atoms with Crippen LogP contribution in [0.5, 0.6) is 0 Å². The average molecular weight is 430 g/mol. The van der Waals surface area contributed by atoms with Crippen LogP contribution in [-0.2, 0) is 10.0 Å². The van der Waals surface area contributed by atoms with E-state index >= 15 is 0 Å². The molecule has 4 rings (SSSR count). The second-order valence-electron chi connectivity index (χ2n) is 5.99. The molecule has 0 spiro atoms. The maximum Gasteiger partial charge on any atom is 0.263 e. The minimum absolute atomic E-state index is 0.0424. The van der Waals surface area contributed by atoms with E-state index in [9.17, 15) is 13.7 Å². The number of hydrogen-bond donors (Lipinski definition) is 1. The molecule has 0 aliphatic carbocycles. The summed E-state index contributed by atoms with van der Waals surface area (Å²) in [5.74, 6) is 0.229. The highest BCUT2D eigenvalue weighted by Gasteiger charge is 2.19. The molecule has 0 fully saturated rings. The quantitative estimate of drug-likeness (QED) is 0.526. The SMILES string of the molecule is Cc1ccc2c(c1)c(Cl)nn2-c1ccc(S(=O)(=O)Nc2cscn2)cc1C#N. The van der Waals surface area contributed by atoms with E-state index in [1.54, 1.807) is 10.1 Å². The van der Waals surface area contributed by atoms with Gasteiger partial charge in [0.05, 0.1) is 27.2 Å². The second-order valence-corrected chi connectivity index (χ2v) is 8.75. The lowest BCUT2D eigenvalue weighted by atomic mass is 10.1. The van der Waals surface area contributed by atoms with Crippen LogP contribution in [0.2, 0.25) is 5.15 Å². The Morgan fingerprint density at radius 3 is 2.79 bits per heavy atom. The Hall–Kier alpha value is -2.93. The molecule has 140 valence electrons. The van der Waals surface area contributed by atoms with Gasteiger partial charge in [-0.05, 0) is 37.3 Å². The van der Waals surface area contributed by atoms with Crippen molar-refractivity contribution in [1.82, 2.24) is 14.8 Å². The maximum absolute atomic E-state index is 12.6. The zero-order valence-electron chi connectivity index (χ0n) is 14.4. The Labute approximate surface area is 169 Å². The van der Waals surface area contributed by atoms with Gasteiger partial charge in [0.2, 0.25) is 0 Å². The van der Waals surface area contributed by atoms with Crippen molar-refractivity contribution < 1.29 is 8.42 Å². The topological polar surface area (TPSA) is 101 Å². The van der Waals surface area contributed by atoms with Gasteiger partial charge < -0.3 is 0 Å². The smallest absolute Gasteiger partial charge is 0.263 e. The number of anilines is 1. The molecule has 28 heavy (non-hydrogen) atoms. The minimum Gasteiger partial charge on any atom is -0.263 e. The van der Waals surface area contributed by atoms with E-state index in [4.69, 9.17) is 11.6 Å². The van der Waals surface area contributed by atoms with Crippen molar-refractivity contribution in [2.75, 3.05) is 4.72 Å². The Bertz CT molecular complexity index is 1340. The Balaban J connectivity index is 1.82. The maximum atomic E-state index is 12.6. The molecular formula is C18H12ClN5O2S2. The average Bonchev–Trinajstić information content (AvgIpc) is 3.28. The first kappa shape index (κ1) is 18.4. The Morgan fingerprint density at radius 1 is 1.25 bits per heavy atom. The van der Waals surface area contributed by atoms with Crippen molar-refractivity contribution in [3.63, 3.8) is 0 Å². The number of hydrogen-bond acceptors (Lipinski definition) is 6. The van der Waals surface area contributed by atoms with E-state index in [0.717, 1.165) is 16.5 Å². The summed E-state index contributed by atoms with van der Waals surface area (Å²) in [4.78, 5) is 3.87. The number of sulfonamides is 1. The number of rotatable bonds is 4. The van der Waals surface area contributed by atoms with Gasteiger partial charge in [-0.25, -0.2) is 18.1 Å². The molecule has 7 nitrogen and oxygen atoms in total. The highest BCUT2D eigenvalue weighted by molar-refractivity contribution is 7.92. The van der Waals surface area contributed by atoms with Crippen LogP contribution in [0, 0.1) is 18.3 Å². The molecule has 4 aromatic rings. The minimum atomic E-state index is -3.87. The third-order valence-corrected chi connectivity index (χ3v) is 6.31. The number of thiazole rings is 1. The first-order valence-corrected chi connectivity index (χ1v) is 10.8. The molecule has 1 N–H and O–H groups in total. The van der Waals surface area contributed by atoms with Crippen LogP contribution in [0.4, 0.5) is 5.82 Å². The van der Waals surface area contributed by atoms with Crippen LogP contribution in [0.3, 0.4) is 0 Å². The van der Waals surface area contributed by atoms with Crippen LogP contribution < -0.4 is 4.72 Å². The molecule has 0 bridgehead atoms. The molecule has 0 saturated heterocycles. The van der Waals surface area contributed by atoms with E-state index in [1.165, 1.54) is 35.0 Å². The number of aromatic nitrogens is 3. The van der Waals surface area contributed by atoms with Crippen LogP contribution in [-0.4, -0.2) is 23.2 Å². The summed E-state index contributed by atoms with van der Waals surface area (Å²) in [6.07, 6.45) is 0. The standard InChI is InChI=1S/C18H12ClN5O2S2/c1-11-2-4-16-14(6-11)18(19)22-24(16)15-5-3-13(7-12(15)8-20)28(25,26)23-17-9-27-10-21-17/h2-7,9-10,23H,1H3. The molecule has 0 aliphatic rings. The summed E-state index contributed by atoms with van der Waals surface area (Å²) in [5, 5.41) is 16.6. The summed E-state index contributed by atoms with van der Waals surface area (Å²) < 4.78 is 29.1. The summed E-state index contributed by atoms with van der Waals surface area (Å²) in [6, 6.07) is 12.0. The van der Waals surface area contributed by atoms with Crippen LogP contribution in [0.1, 0.15) is 11.1 Å². The number of nitriles is 1. The van der Waals surface area contributed by atoms with Crippen LogP contribution in [0.15, 0.2) is 52.2 Å². The predicted octanol–water partition coefficient (Wildman–Crippen LogP) is 4.12. The highest BCUT2D eigenvalue weighted by Crippen LogP contribution is 2.29. The second kappa shape index (κ2) is 6.91. The molecule has 0 aliphatic heterocycles. The normalized spacial score (nSPS) is 11.5. The van der Waals surface area contributed by atoms with Crippen molar-refractivity contribution in [3.05, 3.63) is 63.6 Å². The fourth-order valence-electron chi connectivity index (χ4n) is 2.80. The summed E-state index contributed by atoms with van der Waals surface area (Å²) in [5.41, 5.74) is 3.88. The number of halogens is 1. The third-order valence-electron chi connectivity index (χ3n) is 4.09. The molecule has 0 saturated carbocycles. The zero-order chi connectivity index (χ0) is 19.9. The van der Waals surface area contributed by atoms with Gasteiger partial charge in [-0.2, -0.15) is 10.4 Å². The molecule has 0 unspecified atom stereocenters. The third kappa shape index (κ3) is 3.22. The molecule has 0 atom stereocenters. The highest BCUT2D eigenvalue weighted by atomic mass is 35.5. The lowest BCUT2D eigenvalue weighted by Gasteiger charge is -2.10. The van der Waals surface area contributed by atoms with Gasteiger partial charge in [0.1, 0.15) is 6.07 Å². The zero-order valence-corrected chi connectivity index (χ0v) is 16.8. The first-order valence-electron chi connectivity index (χ1n) is 7.99. The van der Waals surface area contributed by atoms with E-state index in [-0.39, 0.29) is 16.3 Å². The van der Waals surface area contributed by atoms with Gasteiger partial charge in [-0.3, -0.25) is 4.72 Å². The number of benzene rings is 2. The van der Waals surface area contributed by atoms with Gasteiger partial charge >= 0.3 is 0 Å². The largest absolute Gasteiger partial charge is 0.263 e. The molecule has 2 aromatic carbocycles. The van der Waals surface area contributed by atoms with Crippen LogP contribution >= 0.6 is 22.9 Å². The first-order chi connectivity index (χ1) is 13.4. The van der Waals surface area contributed by atoms with Gasteiger partial charge in [0, 0.05) is 10.8 Å². The molecule has 0 amide bonds. The summed E-state index contributed by atoms with van der Waals surface area (Å²) in [6.45, 7) is 1.95. The molecule has 10 heteroatoms. The van der Waals surface area contributed by atoms with Gasteiger partial charge in [-0.1, -0.05) is 23.2 Å². The molecular weight excluding hydrogens is 418 g/mol. The van der Waals surface area contributed by atoms with Crippen molar-refractivity contribution in [2.45, 2.75) is 11.8 Å². The fraction of sp³-hybridized carbons (Fsp3) is 0.0556. The summed E-state index contributed by atoms with van der Waals surface area (Å²) >= 11 is 7.52. The van der Waals surface area contributed by atoms with Crippen molar-refractivity contribution in [2.24, 2.45) is 0 Å². The molecule has 2 aromatic heterocycles. The van der Waals surface area contributed by atoms with E-state index in [1.807, 2.05) is 31.2 Å². The number of fused-ring (bicyclic) bond motifs is 1. The van der Waals surface area contributed by atoms with Crippen LogP contribution in [0.25, 0.3) is 16.6 Å². The lowest BCUT2D eigenvalue weighted by Crippen LogP contribution is -2.14. The Kier molecular flexibility index (Phi) is 4.55. The van der Waals surface area contributed by atoms with E-state index in [0.29, 0.717) is 10.8 Å². The van der Waals surface area contributed by atoms with Crippen molar-refractivity contribution in [1.29, 1.82) is 5.26 Å². The molecule has 0 radical (unpaired) electrons. The van der Waals surface area contributed by atoms with E-state index in [2.05, 4.69) is 14.8 Å². The van der Waals surface area contributed by atoms with Gasteiger partial charge in [0.15, 0.2) is 11.0 Å².